The highest BCUT2D eigenvalue weighted by atomic mass is 32.1. The molecule has 0 radical (unpaired) electrons. The van der Waals surface area contributed by atoms with Crippen LogP contribution in [0.15, 0.2) is 40.2 Å². The standard InChI is InChI=1S/C20H20FN3O2S/c1-12-9-14(6-7-16(12)21)15(13-4-5-13)10-18(25)22-11-19-23-20(24-26-19)17-3-2-8-27-17/h2-3,6-9,13,15H,4-5,10-11H2,1H3,(H,22,25). The quantitative estimate of drug-likeness (QED) is 0.653. The molecule has 27 heavy (non-hydrogen) atoms. The van der Waals surface area contributed by atoms with Crippen molar-refractivity contribution in [2.75, 3.05) is 0 Å². The third kappa shape index (κ3) is 4.24. The summed E-state index contributed by atoms with van der Waals surface area (Å²) in [6, 6.07) is 8.99. The summed E-state index contributed by atoms with van der Waals surface area (Å²) in [6.45, 7) is 1.96. The molecule has 1 unspecified atom stereocenters. The number of hydrogen-bond acceptors (Lipinski definition) is 5. The highest BCUT2D eigenvalue weighted by Gasteiger charge is 2.34. The monoisotopic (exact) mass is 385 g/mol. The summed E-state index contributed by atoms with van der Waals surface area (Å²) in [6.07, 6.45) is 2.60. The van der Waals surface area contributed by atoms with Gasteiger partial charge in [0, 0.05) is 6.42 Å². The van der Waals surface area contributed by atoms with Crippen LogP contribution < -0.4 is 5.32 Å². The summed E-state index contributed by atoms with van der Waals surface area (Å²) in [5.41, 5.74) is 1.65. The highest BCUT2D eigenvalue weighted by molar-refractivity contribution is 7.13. The van der Waals surface area contributed by atoms with Gasteiger partial charge in [0.05, 0.1) is 11.4 Å². The van der Waals surface area contributed by atoms with Gasteiger partial charge in [0.15, 0.2) is 0 Å². The summed E-state index contributed by atoms with van der Waals surface area (Å²) >= 11 is 1.53. The van der Waals surface area contributed by atoms with Crippen molar-refractivity contribution in [2.24, 2.45) is 5.92 Å². The molecule has 2 heterocycles. The van der Waals surface area contributed by atoms with Gasteiger partial charge in [-0.3, -0.25) is 4.79 Å². The number of carbonyl (C=O) groups excluding carboxylic acids is 1. The van der Waals surface area contributed by atoms with Crippen LogP contribution in [0.2, 0.25) is 0 Å². The summed E-state index contributed by atoms with van der Waals surface area (Å²) in [7, 11) is 0. The minimum Gasteiger partial charge on any atom is -0.347 e. The van der Waals surface area contributed by atoms with Crippen molar-refractivity contribution < 1.29 is 13.7 Å². The predicted molar refractivity (Wildman–Crippen MR) is 101 cm³/mol. The lowest BCUT2D eigenvalue weighted by Gasteiger charge is -2.17. The molecule has 1 aliphatic rings. The smallest absolute Gasteiger partial charge is 0.246 e. The normalized spacial score (nSPS) is 14.9. The first kappa shape index (κ1) is 17.9. The number of benzene rings is 1. The van der Waals surface area contributed by atoms with E-state index < -0.39 is 0 Å². The van der Waals surface area contributed by atoms with Crippen LogP contribution >= 0.6 is 11.3 Å². The molecule has 0 aliphatic heterocycles. The van der Waals surface area contributed by atoms with Gasteiger partial charge in [-0.15, -0.1) is 11.3 Å². The van der Waals surface area contributed by atoms with E-state index in [0.29, 0.717) is 29.6 Å². The molecule has 0 spiro atoms. The van der Waals surface area contributed by atoms with E-state index in [-0.39, 0.29) is 24.2 Å². The highest BCUT2D eigenvalue weighted by Crippen LogP contribution is 2.44. The average Bonchev–Trinajstić information content (AvgIpc) is 3.15. The molecule has 4 rings (SSSR count). The van der Waals surface area contributed by atoms with Gasteiger partial charge in [0.2, 0.25) is 17.6 Å². The Morgan fingerprint density at radius 3 is 2.96 bits per heavy atom. The second kappa shape index (κ2) is 7.60. The number of carbonyl (C=O) groups is 1. The molecule has 1 aromatic carbocycles. The van der Waals surface area contributed by atoms with Gasteiger partial charge in [-0.25, -0.2) is 4.39 Å². The van der Waals surface area contributed by atoms with E-state index in [1.54, 1.807) is 13.0 Å². The summed E-state index contributed by atoms with van der Waals surface area (Å²) in [5, 5.41) is 8.75. The molecular formula is C20H20FN3O2S. The Balaban J connectivity index is 1.37. The fourth-order valence-corrected chi connectivity index (χ4v) is 3.88. The topological polar surface area (TPSA) is 68.0 Å². The first-order valence-corrected chi connectivity index (χ1v) is 9.87. The Labute approximate surface area is 160 Å². The molecular weight excluding hydrogens is 365 g/mol. The number of nitrogens with one attached hydrogen (secondary N) is 1. The fourth-order valence-electron chi connectivity index (χ4n) is 3.23. The molecule has 1 N–H and O–H groups in total. The minimum atomic E-state index is -0.212. The second-order valence-electron chi connectivity index (χ2n) is 6.92. The number of amides is 1. The lowest BCUT2D eigenvalue weighted by Crippen LogP contribution is -2.25. The van der Waals surface area contributed by atoms with Gasteiger partial charge in [0.1, 0.15) is 5.82 Å². The van der Waals surface area contributed by atoms with Crippen LogP contribution in [0.4, 0.5) is 4.39 Å². The third-order valence-corrected chi connectivity index (χ3v) is 5.72. The lowest BCUT2D eigenvalue weighted by molar-refractivity contribution is -0.121. The Kier molecular flexibility index (Phi) is 5.03. The summed E-state index contributed by atoms with van der Waals surface area (Å²) < 4.78 is 18.8. The largest absolute Gasteiger partial charge is 0.347 e. The molecule has 2 aromatic heterocycles. The second-order valence-corrected chi connectivity index (χ2v) is 7.87. The number of aromatic nitrogens is 2. The molecule has 140 valence electrons. The maximum atomic E-state index is 13.6. The summed E-state index contributed by atoms with van der Waals surface area (Å²) in [4.78, 5) is 17.7. The van der Waals surface area contributed by atoms with Gasteiger partial charge in [-0.05, 0) is 60.2 Å². The molecule has 7 heteroatoms. The van der Waals surface area contributed by atoms with Crippen molar-refractivity contribution in [3.8, 4) is 10.7 Å². The molecule has 1 amide bonds. The molecule has 0 saturated heterocycles. The van der Waals surface area contributed by atoms with Crippen molar-refractivity contribution >= 4 is 17.2 Å². The Morgan fingerprint density at radius 2 is 2.26 bits per heavy atom. The number of thiophene rings is 1. The van der Waals surface area contributed by atoms with Crippen molar-refractivity contribution in [3.63, 3.8) is 0 Å². The van der Waals surface area contributed by atoms with Crippen LogP contribution in [0.5, 0.6) is 0 Å². The molecule has 1 aliphatic carbocycles. The maximum absolute atomic E-state index is 13.6. The van der Waals surface area contributed by atoms with E-state index in [1.807, 2.05) is 23.6 Å². The van der Waals surface area contributed by atoms with E-state index in [1.165, 1.54) is 17.4 Å². The summed E-state index contributed by atoms with van der Waals surface area (Å²) in [5.74, 6) is 1.25. The van der Waals surface area contributed by atoms with Crippen LogP contribution in [0, 0.1) is 18.7 Å². The molecule has 0 bridgehead atoms. The van der Waals surface area contributed by atoms with Gasteiger partial charge in [-0.1, -0.05) is 23.4 Å². The number of rotatable bonds is 7. The van der Waals surface area contributed by atoms with E-state index in [4.69, 9.17) is 4.52 Å². The Morgan fingerprint density at radius 1 is 1.41 bits per heavy atom. The van der Waals surface area contributed by atoms with Crippen molar-refractivity contribution in [1.29, 1.82) is 0 Å². The SMILES string of the molecule is Cc1cc(C(CC(=O)NCc2nc(-c3cccs3)no2)C2CC2)ccc1F. The molecule has 1 saturated carbocycles. The zero-order valence-corrected chi connectivity index (χ0v) is 15.8. The minimum absolute atomic E-state index is 0.0650. The maximum Gasteiger partial charge on any atom is 0.246 e. The fraction of sp³-hybridized carbons (Fsp3) is 0.350. The van der Waals surface area contributed by atoms with Gasteiger partial charge < -0.3 is 9.84 Å². The predicted octanol–water partition coefficient (Wildman–Crippen LogP) is 4.45. The number of aryl methyl sites for hydroxylation is 1. The van der Waals surface area contributed by atoms with Gasteiger partial charge in [0.25, 0.3) is 0 Å². The Bertz CT molecular complexity index is 935. The lowest BCUT2D eigenvalue weighted by atomic mass is 9.89. The number of nitrogens with zero attached hydrogens (tertiary/aromatic N) is 2. The van der Waals surface area contributed by atoms with Crippen molar-refractivity contribution in [2.45, 2.75) is 38.6 Å². The molecule has 1 fully saturated rings. The van der Waals surface area contributed by atoms with Crippen LogP contribution in [-0.4, -0.2) is 16.0 Å². The average molecular weight is 385 g/mol. The van der Waals surface area contributed by atoms with E-state index in [0.717, 1.165) is 23.3 Å². The number of halogens is 1. The zero-order chi connectivity index (χ0) is 18.8. The molecule has 1 atom stereocenters. The van der Waals surface area contributed by atoms with Gasteiger partial charge in [-0.2, -0.15) is 4.98 Å². The van der Waals surface area contributed by atoms with Gasteiger partial charge >= 0.3 is 0 Å². The van der Waals surface area contributed by atoms with Crippen molar-refractivity contribution in [3.05, 3.63) is 58.5 Å². The van der Waals surface area contributed by atoms with E-state index in [2.05, 4.69) is 15.5 Å². The Hall–Kier alpha value is -2.54. The zero-order valence-electron chi connectivity index (χ0n) is 14.9. The molecule has 5 nitrogen and oxygen atoms in total. The van der Waals surface area contributed by atoms with Crippen molar-refractivity contribution in [1.82, 2.24) is 15.5 Å². The first-order chi connectivity index (χ1) is 13.1. The van der Waals surface area contributed by atoms with Crippen LogP contribution in [-0.2, 0) is 11.3 Å². The van der Waals surface area contributed by atoms with Crippen LogP contribution in [0.25, 0.3) is 10.7 Å². The van der Waals surface area contributed by atoms with Crippen LogP contribution in [0.3, 0.4) is 0 Å². The molecule has 3 aromatic rings. The van der Waals surface area contributed by atoms with E-state index >= 15 is 0 Å². The third-order valence-electron chi connectivity index (χ3n) is 4.85. The first-order valence-electron chi connectivity index (χ1n) is 8.99. The number of hydrogen-bond donors (Lipinski definition) is 1. The van der Waals surface area contributed by atoms with Crippen LogP contribution in [0.1, 0.15) is 42.2 Å². The van der Waals surface area contributed by atoms with E-state index in [9.17, 15) is 9.18 Å².